The number of halogens is 1. The number of hydrogen-bond acceptors (Lipinski definition) is 8. The molecule has 0 bridgehead atoms. The molecule has 32 heavy (non-hydrogen) atoms. The number of nitrogens with zero attached hydrogens (tertiary/aromatic N) is 6. The zero-order valence-electron chi connectivity index (χ0n) is 17.9. The van der Waals surface area contributed by atoms with Crippen LogP contribution in [0.5, 0.6) is 0 Å². The summed E-state index contributed by atoms with van der Waals surface area (Å²) < 4.78 is 32.6. The van der Waals surface area contributed by atoms with Crippen molar-refractivity contribution >= 4 is 17.5 Å². The molecule has 5 rings (SSSR count). The van der Waals surface area contributed by atoms with Gasteiger partial charge in [0.2, 0.25) is 0 Å². The fourth-order valence-corrected chi connectivity index (χ4v) is 4.25. The van der Waals surface area contributed by atoms with Crippen LogP contribution in [0.15, 0.2) is 24.4 Å². The number of amides is 1. The summed E-state index contributed by atoms with van der Waals surface area (Å²) in [6, 6.07) is 4.86. The van der Waals surface area contributed by atoms with E-state index >= 15 is 0 Å². The number of benzene rings is 1. The van der Waals surface area contributed by atoms with Crippen molar-refractivity contribution in [3.63, 3.8) is 0 Å². The Morgan fingerprint density at radius 1 is 1.06 bits per heavy atom. The highest BCUT2D eigenvalue weighted by molar-refractivity contribution is 5.90. The Kier molecular flexibility index (Phi) is 6.19. The third-order valence-electron chi connectivity index (χ3n) is 5.93. The molecule has 3 saturated heterocycles. The second kappa shape index (κ2) is 9.39. The minimum absolute atomic E-state index is 0.327. The van der Waals surface area contributed by atoms with Gasteiger partial charge >= 0.3 is 6.09 Å². The summed E-state index contributed by atoms with van der Waals surface area (Å²) in [5.74, 6) is -0.357. The van der Waals surface area contributed by atoms with Crippen LogP contribution in [0, 0.1) is 5.82 Å². The number of carbonyl (C=O) groups is 1. The Morgan fingerprint density at radius 3 is 2.56 bits per heavy atom. The van der Waals surface area contributed by atoms with Crippen molar-refractivity contribution in [2.45, 2.75) is 19.2 Å². The predicted molar refractivity (Wildman–Crippen MR) is 113 cm³/mol. The number of cyclic esters (lactones) is 1. The first-order valence-corrected chi connectivity index (χ1v) is 11.0. The molecule has 0 unspecified atom stereocenters. The number of rotatable bonds is 6. The summed E-state index contributed by atoms with van der Waals surface area (Å²) >= 11 is 0. The van der Waals surface area contributed by atoms with Gasteiger partial charge in [0, 0.05) is 38.9 Å². The zero-order chi connectivity index (χ0) is 21.9. The first-order valence-electron chi connectivity index (χ1n) is 11.0. The highest BCUT2D eigenvalue weighted by Gasteiger charge is 2.33. The van der Waals surface area contributed by atoms with E-state index in [0.29, 0.717) is 57.3 Å². The molecule has 1 aromatic carbocycles. The van der Waals surface area contributed by atoms with Crippen LogP contribution in [-0.4, -0.2) is 91.2 Å². The molecule has 3 aliphatic rings. The molecule has 11 heteroatoms. The lowest BCUT2D eigenvalue weighted by Crippen LogP contribution is -2.36. The van der Waals surface area contributed by atoms with Crippen molar-refractivity contribution in [1.82, 2.24) is 19.9 Å². The van der Waals surface area contributed by atoms with Gasteiger partial charge in [0.15, 0.2) is 0 Å². The summed E-state index contributed by atoms with van der Waals surface area (Å²) in [6.45, 7) is 7.12. The van der Waals surface area contributed by atoms with E-state index in [1.807, 2.05) is 11.1 Å². The van der Waals surface area contributed by atoms with Crippen molar-refractivity contribution in [3.8, 4) is 0 Å². The standard InChI is InChI=1S/C21H27FN6O4/c22-19-11-17(1-2-20(19)26-5-9-31-10-6-26)28-15-18(32-21(28)29)14-27-13-16(23-24-27)12-25-3-7-30-8-4-25/h1-2,11,13,18H,3-10,12,14-15H2/t18-/m0/s1. The molecule has 0 N–H and O–H groups in total. The van der Waals surface area contributed by atoms with Gasteiger partial charge in [-0.3, -0.25) is 9.80 Å². The molecule has 1 amide bonds. The number of carbonyl (C=O) groups excluding carboxylic acids is 1. The third kappa shape index (κ3) is 4.69. The minimum Gasteiger partial charge on any atom is -0.442 e. The summed E-state index contributed by atoms with van der Waals surface area (Å²) in [7, 11) is 0. The molecule has 0 spiro atoms. The number of anilines is 2. The van der Waals surface area contributed by atoms with Crippen molar-refractivity contribution in [2.24, 2.45) is 0 Å². The van der Waals surface area contributed by atoms with Gasteiger partial charge in [0.25, 0.3) is 0 Å². The highest BCUT2D eigenvalue weighted by Crippen LogP contribution is 2.28. The quantitative estimate of drug-likeness (QED) is 0.653. The molecule has 10 nitrogen and oxygen atoms in total. The van der Waals surface area contributed by atoms with E-state index in [1.54, 1.807) is 16.8 Å². The van der Waals surface area contributed by atoms with E-state index in [0.717, 1.165) is 32.0 Å². The summed E-state index contributed by atoms with van der Waals surface area (Å²) in [6.07, 6.45) is 1.01. The normalized spacial score (nSPS) is 22.4. The zero-order valence-corrected chi connectivity index (χ0v) is 17.9. The fraction of sp³-hybridized carbons (Fsp3) is 0.571. The number of ether oxygens (including phenoxy) is 3. The van der Waals surface area contributed by atoms with E-state index in [2.05, 4.69) is 15.2 Å². The molecular weight excluding hydrogens is 419 g/mol. The number of morpholine rings is 2. The first kappa shape index (κ1) is 21.1. The maximum Gasteiger partial charge on any atom is 0.414 e. The van der Waals surface area contributed by atoms with Gasteiger partial charge in [0.1, 0.15) is 11.9 Å². The molecule has 0 radical (unpaired) electrons. The van der Waals surface area contributed by atoms with Gasteiger partial charge in [-0.1, -0.05) is 5.21 Å². The average molecular weight is 446 g/mol. The summed E-state index contributed by atoms with van der Waals surface area (Å²) in [5, 5.41) is 8.40. The van der Waals surface area contributed by atoms with Gasteiger partial charge in [-0.25, -0.2) is 13.9 Å². The van der Waals surface area contributed by atoms with E-state index < -0.39 is 6.09 Å². The Labute approximate surface area is 185 Å². The lowest BCUT2D eigenvalue weighted by atomic mass is 10.2. The topological polar surface area (TPSA) is 85.2 Å². The van der Waals surface area contributed by atoms with Crippen LogP contribution in [-0.2, 0) is 27.3 Å². The summed E-state index contributed by atoms with van der Waals surface area (Å²) in [5.41, 5.74) is 1.88. The molecule has 2 aromatic rings. The lowest BCUT2D eigenvalue weighted by Gasteiger charge is -2.29. The van der Waals surface area contributed by atoms with Gasteiger partial charge < -0.3 is 19.1 Å². The second-order valence-corrected chi connectivity index (χ2v) is 8.17. The van der Waals surface area contributed by atoms with Crippen molar-refractivity contribution in [1.29, 1.82) is 0 Å². The van der Waals surface area contributed by atoms with Crippen LogP contribution in [0.4, 0.5) is 20.6 Å². The maximum atomic E-state index is 14.8. The Bertz CT molecular complexity index is 944. The smallest absolute Gasteiger partial charge is 0.414 e. The fourth-order valence-electron chi connectivity index (χ4n) is 4.25. The van der Waals surface area contributed by atoms with E-state index in [-0.39, 0.29) is 11.9 Å². The Balaban J connectivity index is 1.19. The van der Waals surface area contributed by atoms with E-state index in [4.69, 9.17) is 14.2 Å². The van der Waals surface area contributed by atoms with Crippen molar-refractivity contribution in [3.05, 3.63) is 35.9 Å². The third-order valence-corrected chi connectivity index (χ3v) is 5.93. The highest BCUT2D eigenvalue weighted by atomic mass is 19.1. The monoisotopic (exact) mass is 446 g/mol. The molecule has 172 valence electrons. The van der Waals surface area contributed by atoms with Crippen LogP contribution < -0.4 is 9.80 Å². The van der Waals surface area contributed by atoms with Crippen LogP contribution >= 0.6 is 0 Å². The molecule has 3 aliphatic heterocycles. The summed E-state index contributed by atoms with van der Waals surface area (Å²) in [4.78, 5) is 18.1. The van der Waals surface area contributed by atoms with Crippen molar-refractivity contribution < 1.29 is 23.4 Å². The second-order valence-electron chi connectivity index (χ2n) is 8.17. The first-order chi connectivity index (χ1) is 15.7. The van der Waals surface area contributed by atoms with E-state index in [9.17, 15) is 9.18 Å². The maximum absolute atomic E-state index is 14.8. The predicted octanol–water partition coefficient (Wildman–Crippen LogP) is 1.11. The molecule has 0 saturated carbocycles. The number of aromatic nitrogens is 3. The van der Waals surface area contributed by atoms with Crippen molar-refractivity contribution in [2.75, 3.05) is 69.0 Å². The molecule has 1 aromatic heterocycles. The minimum atomic E-state index is -0.484. The van der Waals surface area contributed by atoms with Gasteiger partial charge in [-0.05, 0) is 18.2 Å². The van der Waals surface area contributed by atoms with Crippen LogP contribution in [0.3, 0.4) is 0 Å². The molecule has 0 aliphatic carbocycles. The largest absolute Gasteiger partial charge is 0.442 e. The van der Waals surface area contributed by atoms with Crippen LogP contribution in [0.25, 0.3) is 0 Å². The van der Waals surface area contributed by atoms with E-state index in [1.165, 1.54) is 11.0 Å². The van der Waals surface area contributed by atoms with Gasteiger partial charge in [-0.2, -0.15) is 0 Å². The number of hydrogen-bond donors (Lipinski definition) is 0. The lowest BCUT2D eigenvalue weighted by molar-refractivity contribution is 0.0336. The Hall–Kier alpha value is -2.76. The van der Waals surface area contributed by atoms with Gasteiger partial charge in [0.05, 0.1) is 56.6 Å². The molecular formula is C21H27FN6O4. The molecule has 4 heterocycles. The SMILES string of the molecule is O=C1O[C@@H](Cn2cc(CN3CCOCC3)nn2)CN1c1ccc(N2CCOCC2)c(F)c1. The molecule has 1 atom stereocenters. The average Bonchev–Trinajstić information content (AvgIpc) is 3.41. The molecule has 3 fully saturated rings. The van der Waals surface area contributed by atoms with Crippen LogP contribution in [0.2, 0.25) is 0 Å². The van der Waals surface area contributed by atoms with Gasteiger partial charge in [-0.15, -0.1) is 5.10 Å². The van der Waals surface area contributed by atoms with Crippen LogP contribution in [0.1, 0.15) is 5.69 Å². The Morgan fingerprint density at radius 2 is 1.81 bits per heavy atom.